The van der Waals surface area contributed by atoms with Gasteiger partial charge in [-0.15, -0.1) is 0 Å². The van der Waals surface area contributed by atoms with Gasteiger partial charge in [-0.05, 0) is 12.5 Å². The van der Waals surface area contributed by atoms with Crippen LogP contribution >= 0.6 is 11.6 Å². The number of aromatic nitrogens is 2. The van der Waals surface area contributed by atoms with E-state index in [-0.39, 0.29) is 33.9 Å². The van der Waals surface area contributed by atoms with Crippen molar-refractivity contribution in [2.75, 3.05) is 7.05 Å². The molecule has 0 aliphatic heterocycles. The van der Waals surface area contributed by atoms with Crippen molar-refractivity contribution in [3.8, 4) is 0 Å². The molecule has 3 aromatic rings. The third-order valence-corrected chi connectivity index (χ3v) is 4.32. The van der Waals surface area contributed by atoms with E-state index in [1.165, 1.54) is 22.8 Å². The van der Waals surface area contributed by atoms with Crippen molar-refractivity contribution >= 4 is 28.7 Å². The molecule has 128 valence electrons. The summed E-state index contributed by atoms with van der Waals surface area (Å²) in [6, 6.07) is 12.1. The molecule has 0 aliphatic rings. The van der Waals surface area contributed by atoms with E-state index in [1.54, 1.807) is 11.9 Å². The number of nitro groups is 1. The van der Waals surface area contributed by atoms with Crippen molar-refractivity contribution < 1.29 is 9.72 Å². The van der Waals surface area contributed by atoms with E-state index in [0.29, 0.717) is 0 Å². The molecule has 0 radical (unpaired) electrons. The average Bonchev–Trinajstić information content (AvgIpc) is 3.03. The lowest BCUT2D eigenvalue weighted by atomic mass is 10.1. The summed E-state index contributed by atoms with van der Waals surface area (Å²) in [5, 5.41) is 15.5. The lowest BCUT2D eigenvalue weighted by molar-refractivity contribution is -0.383. The fourth-order valence-corrected chi connectivity index (χ4v) is 2.80. The molecule has 2 aromatic heterocycles. The molecular formula is C17H15ClN4O3. The molecule has 2 heterocycles. The van der Waals surface area contributed by atoms with Crippen LogP contribution in [0.4, 0.5) is 5.69 Å². The van der Waals surface area contributed by atoms with Gasteiger partial charge >= 0.3 is 0 Å². The third-order valence-electron chi connectivity index (χ3n) is 4.12. The van der Waals surface area contributed by atoms with Crippen LogP contribution in [0.1, 0.15) is 29.0 Å². The number of rotatable bonds is 4. The molecule has 3 rings (SSSR count). The van der Waals surface area contributed by atoms with Gasteiger partial charge < -0.3 is 4.90 Å². The number of carbonyl (C=O) groups excluding carboxylic acids is 1. The highest BCUT2D eigenvalue weighted by atomic mass is 35.5. The molecule has 0 bridgehead atoms. The number of pyridine rings is 1. The van der Waals surface area contributed by atoms with Gasteiger partial charge in [0.2, 0.25) is 0 Å². The number of hydrogen-bond donors (Lipinski definition) is 0. The zero-order valence-corrected chi connectivity index (χ0v) is 14.3. The Morgan fingerprint density at radius 3 is 2.64 bits per heavy atom. The zero-order chi connectivity index (χ0) is 18.1. The van der Waals surface area contributed by atoms with Crippen molar-refractivity contribution in [2.45, 2.75) is 13.0 Å². The van der Waals surface area contributed by atoms with E-state index < -0.39 is 4.92 Å². The normalized spacial score (nSPS) is 12.1. The number of amides is 1. The van der Waals surface area contributed by atoms with Gasteiger partial charge in [0.25, 0.3) is 11.6 Å². The van der Waals surface area contributed by atoms with Gasteiger partial charge in [-0.1, -0.05) is 41.9 Å². The van der Waals surface area contributed by atoms with E-state index >= 15 is 0 Å². The second-order valence-corrected chi connectivity index (χ2v) is 6.10. The summed E-state index contributed by atoms with van der Waals surface area (Å²) in [6.45, 7) is 1.91. The standard InChI is InChI=1S/C17H15ClN4O3/c1-11(12-6-4-3-5-7-12)20(2)17(23)14-9-15-16(22(24)25)8-13(18)10-21(15)19-14/h3-11H,1-2H3. The predicted octanol–water partition coefficient (Wildman–Crippen LogP) is 3.73. The van der Waals surface area contributed by atoms with Gasteiger partial charge in [0.15, 0.2) is 5.69 Å². The zero-order valence-electron chi connectivity index (χ0n) is 13.6. The van der Waals surface area contributed by atoms with Gasteiger partial charge in [0.05, 0.1) is 16.0 Å². The molecule has 1 unspecified atom stereocenters. The Bertz CT molecular complexity index is 955. The maximum absolute atomic E-state index is 12.7. The topological polar surface area (TPSA) is 80.8 Å². The van der Waals surface area contributed by atoms with Crippen LogP contribution < -0.4 is 0 Å². The van der Waals surface area contributed by atoms with E-state index in [0.717, 1.165) is 5.56 Å². The van der Waals surface area contributed by atoms with Crippen LogP contribution in [0.3, 0.4) is 0 Å². The van der Waals surface area contributed by atoms with E-state index in [9.17, 15) is 14.9 Å². The van der Waals surface area contributed by atoms with E-state index in [2.05, 4.69) is 5.10 Å². The highest BCUT2D eigenvalue weighted by molar-refractivity contribution is 6.30. The molecule has 7 nitrogen and oxygen atoms in total. The first-order chi connectivity index (χ1) is 11.9. The van der Waals surface area contributed by atoms with Crippen LogP contribution in [0.2, 0.25) is 5.02 Å². The van der Waals surface area contributed by atoms with Gasteiger partial charge in [0.1, 0.15) is 5.52 Å². The quantitative estimate of drug-likeness (QED) is 0.525. The SMILES string of the molecule is CC(c1ccccc1)N(C)C(=O)c1cc2c([N+](=O)[O-])cc(Cl)cn2n1. The maximum atomic E-state index is 12.7. The van der Waals surface area contributed by atoms with Gasteiger partial charge in [0, 0.05) is 25.4 Å². The molecule has 0 saturated carbocycles. The highest BCUT2D eigenvalue weighted by Crippen LogP contribution is 2.26. The summed E-state index contributed by atoms with van der Waals surface area (Å²) < 4.78 is 1.26. The first-order valence-corrected chi connectivity index (χ1v) is 7.91. The second kappa shape index (κ2) is 6.52. The van der Waals surface area contributed by atoms with Crippen LogP contribution in [-0.4, -0.2) is 32.4 Å². The molecule has 0 saturated heterocycles. The lowest BCUT2D eigenvalue weighted by Gasteiger charge is -2.24. The van der Waals surface area contributed by atoms with E-state index in [1.807, 2.05) is 37.3 Å². The molecule has 0 aliphatic carbocycles. The number of halogens is 1. The second-order valence-electron chi connectivity index (χ2n) is 5.66. The number of fused-ring (bicyclic) bond motifs is 1. The fraction of sp³-hybridized carbons (Fsp3) is 0.176. The van der Waals surface area contributed by atoms with Gasteiger partial charge in [-0.3, -0.25) is 14.9 Å². The minimum absolute atomic E-state index is 0.121. The first-order valence-electron chi connectivity index (χ1n) is 7.54. The summed E-state index contributed by atoms with van der Waals surface area (Å²) in [5.74, 6) is -0.328. The number of benzene rings is 1. The lowest BCUT2D eigenvalue weighted by Crippen LogP contribution is -2.30. The predicted molar refractivity (Wildman–Crippen MR) is 93.8 cm³/mol. The van der Waals surface area contributed by atoms with Crippen molar-refractivity contribution in [2.24, 2.45) is 0 Å². The van der Waals surface area contributed by atoms with Crippen molar-refractivity contribution in [1.82, 2.24) is 14.5 Å². The number of nitrogens with zero attached hydrogens (tertiary/aromatic N) is 4. The van der Waals surface area contributed by atoms with Crippen molar-refractivity contribution in [1.29, 1.82) is 0 Å². The fourth-order valence-electron chi connectivity index (χ4n) is 2.61. The highest BCUT2D eigenvalue weighted by Gasteiger charge is 2.24. The Hall–Kier alpha value is -2.93. The van der Waals surface area contributed by atoms with Crippen LogP contribution in [0.5, 0.6) is 0 Å². The maximum Gasteiger partial charge on any atom is 0.296 e. The Kier molecular flexibility index (Phi) is 4.41. The summed E-state index contributed by atoms with van der Waals surface area (Å²) in [7, 11) is 1.67. The Morgan fingerprint density at radius 2 is 2.00 bits per heavy atom. The smallest absolute Gasteiger partial charge is 0.296 e. The average molecular weight is 359 g/mol. The van der Waals surface area contributed by atoms with Gasteiger partial charge in [-0.25, -0.2) is 4.52 Å². The van der Waals surface area contributed by atoms with Gasteiger partial charge in [-0.2, -0.15) is 5.10 Å². The number of hydrogen-bond acceptors (Lipinski definition) is 4. The summed E-state index contributed by atoms with van der Waals surface area (Å²) in [6.07, 6.45) is 1.43. The summed E-state index contributed by atoms with van der Waals surface area (Å²) >= 11 is 5.89. The molecule has 1 amide bonds. The molecule has 1 aromatic carbocycles. The summed E-state index contributed by atoms with van der Waals surface area (Å²) in [5.41, 5.74) is 1.13. The minimum atomic E-state index is -0.548. The van der Waals surface area contributed by atoms with Crippen molar-refractivity contribution in [3.63, 3.8) is 0 Å². The van der Waals surface area contributed by atoms with Crippen molar-refractivity contribution in [3.05, 3.63) is 75.1 Å². The minimum Gasteiger partial charge on any atom is -0.334 e. The molecule has 1 atom stereocenters. The Balaban J connectivity index is 1.97. The molecule has 8 heteroatoms. The Labute approximate surface area is 148 Å². The third kappa shape index (κ3) is 3.18. The van der Waals surface area contributed by atoms with E-state index in [4.69, 9.17) is 11.6 Å². The number of carbonyl (C=O) groups is 1. The van der Waals surface area contributed by atoms with Crippen LogP contribution in [-0.2, 0) is 0 Å². The molecule has 0 fully saturated rings. The monoisotopic (exact) mass is 358 g/mol. The molecule has 0 N–H and O–H groups in total. The van der Waals surface area contributed by atoms with Crippen LogP contribution in [0, 0.1) is 10.1 Å². The molecular weight excluding hydrogens is 344 g/mol. The van der Waals surface area contributed by atoms with Crippen LogP contribution in [0.25, 0.3) is 5.52 Å². The van der Waals surface area contributed by atoms with Crippen LogP contribution in [0.15, 0.2) is 48.7 Å². The first kappa shape index (κ1) is 16.9. The molecule has 0 spiro atoms. The summed E-state index contributed by atoms with van der Waals surface area (Å²) in [4.78, 5) is 24.9. The molecule has 25 heavy (non-hydrogen) atoms. The Morgan fingerprint density at radius 1 is 1.32 bits per heavy atom. The largest absolute Gasteiger partial charge is 0.334 e.